The number of hydrazone groups is 1. The van der Waals surface area contributed by atoms with Gasteiger partial charge in [-0.05, 0) is 44.5 Å². The number of benzene rings is 1. The van der Waals surface area contributed by atoms with Crippen LogP contribution >= 0.6 is 11.8 Å². The molecule has 0 fully saturated rings. The highest BCUT2D eigenvalue weighted by molar-refractivity contribution is 8.16. The van der Waals surface area contributed by atoms with E-state index in [1.165, 1.54) is 23.9 Å². The van der Waals surface area contributed by atoms with Crippen molar-refractivity contribution in [2.24, 2.45) is 10.8 Å². The number of hydrogen-bond acceptors (Lipinski definition) is 5. The van der Waals surface area contributed by atoms with Crippen LogP contribution < -0.4 is 5.73 Å². The maximum atomic E-state index is 14.1. The van der Waals surface area contributed by atoms with Crippen molar-refractivity contribution < 1.29 is 18.3 Å². The first-order chi connectivity index (χ1) is 11.3. The number of amides is 1. The molecule has 9 heteroatoms. The van der Waals surface area contributed by atoms with Gasteiger partial charge >= 0.3 is 0 Å². The van der Waals surface area contributed by atoms with Gasteiger partial charge in [0.25, 0.3) is 5.91 Å². The summed E-state index contributed by atoms with van der Waals surface area (Å²) in [6.07, 6.45) is 0.477. The van der Waals surface area contributed by atoms with Crippen molar-refractivity contribution in [2.45, 2.75) is 29.6 Å². The highest BCUT2D eigenvalue weighted by atomic mass is 32.2. The van der Waals surface area contributed by atoms with Gasteiger partial charge in [-0.1, -0.05) is 11.8 Å². The molecule has 0 aromatic heterocycles. The van der Waals surface area contributed by atoms with E-state index in [0.717, 1.165) is 18.2 Å². The summed E-state index contributed by atoms with van der Waals surface area (Å²) in [5, 5.41) is 5.77. The smallest absolute Gasteiger partial charge is 0.271 e. The maximum absolute atomic E-state index is 14.1. The van der Waals surface area contributed by atoms with E-state index in [0.29, 0.717) is 19.4 Å². The SMILES string of the molecule is CO[C@@H](C)C(=O)N1N=C(c2cc(F)ccc2F)S[C]1([Al])CCCN. The van der Waals surface area contributed by atoms with Gasteiger partial charge in [-0.25, -0.2) is 13.8 Å². The van der Waals surface area contributed by atoms with Crippen molar-refractivity contribution in [2.75, 3.05) is 13.7 Å². The van der Waals surface area contributed by atoms with Crippen LogP contribution in [-0.2, 0) is 9.53 Å². The van der Waals surface area contributed by atoms with Crippen molar-refractivity contribution in [1.29, 1.82) is 0 Å². The lowest BCUT2D eigenvalue weighted by atomic mass is 10.2. The summed E-state index contributed by atoms with van der Waals surface area (Å²) in [5.74, 6) is -1.52. The third kappa shape index (κ3) is 3.98. The Morgan fingerprint density at radius 1 is 1.54 bits per heavy atom. The van der Waals surface area contributed by atoms with Gasteiger partial charge in [0.15, 0.2) is 16.3 Å². The summed E-state index contributed by atoms with van der Waals surface area (Å²) < 4.78 is 31.8. The minimum Gasteiger partial charge on any atom is -0.372 e. The second kappa shape index (κ2) is 7.93. The van der Waals surface area contributed by atoms with Crippen LogP contribution in [-0.4, -0.2) is 55.7 Å². The average Bonchev–Trinajstić information content (AvgIpc) is 2.91. The summed E-state index contributed by atoms with van der Waals surface area (Å²) in [7, 11) is 1.42. The molecule has 2 radical (unpaired) electrons. The number of nitrogens with two attached hydrogens (primary N) is 1. The van der Waals surface area contributed by atoms with Crippen molar-refractivity contribution >= 4 is 39.0 Å². The molecule has 0 aliphatic carbocycles. The Morgan fingerprint density at radius 3 is 2.88 bits per heavy atom. The van der Waals surface area contributed by atoms with Gasteiger partial charge < -0.3 is 10.5 Å². The molecule has 0 bridgehead atoms. The van der Waals surface area contributed by atoms with E-state index in [4.69, 9.17) is 10.5 Å². The van der Waals surface area contributed by atoms with Crippen LogP contribution in [0.4, 0.5) is 8.78 Å². The van der Waals surface area contributed by atoms with Gasteiger partial charge in [0, 0.05) is 16.4 Å². The Morgan fingerprint density at radius 2 is 2.25 bits per heavy atom. The molecule has 1 amide bonds. The van der Waals surface area contributed by atoms with E-state index in [1.807, 2.05) is 0 Å². The van der Waals surface area contributed by atoms with Gasteiger partial charge in [-0.2, -0.15) is 5.10 Å². The Labute approximate surface area is 152 Å². The molecule has 1 aliphatic heterocycles. The van der Waals surface area contributed by atoms with Gasteiger partial charge in [0.1, 0.15) is 22.8 Å². The second-order valence-electron chi connectivity index (χ2n) is 5.40. The van der Waals surface area contributed by atoms with Gasteiger partial charge in [-0.3, -0.25) is 4.79 Å². The molecule has 24 heavy (non-hydrogen) atoms. The molecule has 1 aromatic rings. The summed E-state index contributed by atoms with van der Waals surface area (Å²) >= 11 is 3.78. The molecule has 2 rings (SSSR count). The van der Waals surface area contributed by atoms with Crippen molar-refractivity contribution in [1.82, 2.24) is 5.01 Å². The van der Waals surface area contributed by atoms with Crippen LogP contribution in [0.5, 0.6) is 0 Å². The molecule has 1 heterocycles. The quantitative estimate of drug-likeness (QED) is 0.777. The number of hydrogen-bond donors (Lipinski definition) is 1. The largest absolute Gasteiger partial charge is 0.372 e. The lowest BCUT2D eigenvalue weighted by Crippen LogP contribution is -2.48. The summed E-state index contributed by atoms with van der Waals surface area (Å²) in [6.45, 7) is 2.06. The van der Waals surface area contributed by atoms with E-state index in [1.54, 1.807) is 6.92 Å². The molecule has 5 nitrogen and oxygen atoms in total. The summed E-state index contributed by atoms with van der Waals surface area (Å²) in [4.78, 5) is 12.6. The Bertz CT molecular complexity index is 662. The van der Waals surface area contributed by atoms with Crippen molar-refractivity contribution in [3.63, 3.8) is 0 Å². The third-order valence-electron chi connectivity index (χ3n) is 3.63. The Hall–Kier alpha value is -0.978. The fourth-order valence-electron chi connectivity index (χ4n) is 2.20. The fourth-order valence-corrected chi connectivity index (χ4v) is 4.11. The molecule has 2 N–H and O–H groups in total. The number of rotatable bonds is 6. The Balaban J connectivity index is 2.40. The van der Waals surface area contributed by atoms with E-state index < -0.39 is 21.5 Å². The van der Waals surface area contributed by atoms with Crippen LogP contribution in [0.1, 0.15) is 25.3 Å². The van der Waals surface area contributed by atoms with Crippen LogP contribution in [0.2, 0.25) is 0 Å². The zero-order chi connectivity index (χ0) is 17.9. The fraction of sp³-hybridized carbons (Fsp3) is 0.467. The zero-order valence-electron chi connectivity index (χ0n) is 13.5. The predicted molar refractivity (Wildman–Crippen MR) is 90.6 cm³/mol. The predicted octanol–water partition coefficient (Wildman–Crippen LogP) is 1.80. The molecule has 128 valence electrons. The number of carbonyl (C=O) groups is 1. The van der Waals surface area contributed by atoms with Crippen molar-refractivity contribution in [3.8, 4) is 0 Å². The minimum absolute atomic E-state index is 0.0277. The lowest BCUT2D eigenvalue weighted by molar-refractivity contribution is -0.142. The zero-order valence-corrected chi connectivity index (χ0v) is 15.4. The van der Waals surface area contributed by atoms with E-state index in [-0.39, 0.29) is 16.5 Å². The molecule has 0 saturated carbocycles. The van der Waals surface area contributed by atoms with E-state index in [9.17, 15) is 13.6 Å². The first-order valence-corrected chi connectivity index (χ1v) is 8.80. The lowest BCUT2D eigenvalue weighted by Gasteiger charge is -2.34. The molecular weight excluding hydrogens is 351 g/mol. The second-order valence-corrected chi connectivity index (χ2v) is 8.07. The molecule has 1 aliphatic rings. The van der Waals surface area contributed by atoms with Crippen LogP contribution in [0, 0.1) is 11.6 Å². The van der Waals surface area contributed by atoms with Gasteiger partial charge in [-0.15, -0.1) is 0 Å². The highest BCUT2D eigenvalue weighted by Gasteiger charge is 2.43. The van der Waals surface area contributed by atoms with Crippen molar-refractivity contribution in [3.05, 3.63) is 35.4 Å². The molecule has 0 spiro atoms. The number of nitrogens with zero attached hydrogens (tertiary/aromatic N) is 2. The molecule has 1 unspecified atom stereocenters. The highest BCUT2D eigenvalue weighted by Crippen LogP contribution is 2.41. The van der Waals surface area contributed by atoms with Gasteiger partial charge in [0.05, 0.1) is 0 Å². The number of ether oxygens (including phenoxy) is 1. The van der Waals surface area contributed by atoms with Crippen LogP contribution in [0.3, 0.4) is 0 Å². The number of carbonyl (C=O) groups excluding carboxylic acids is 1. The monoisotopic (exact) mass is 369 g/mol. The maximum Gasteiger partial charge on any atom is 0.271 e. The number of methoxy groups -OCH3 is 1. The first kappa shape index (κ1) is 19.3. The molecule has 1 aromatic carbocycles. The standard InChI is InChI=1S/C15H18F2N3O2S.Al/c1-9(22-2)15(21)20-13(4-3-7-18)23-14(19-20)11-8-10(16)5-6-12(11)17;/h5-6,8-9H,3-4,7,18H2,1-2H3;/t9-;/m0./s1. The van der Waals surface area contributed by atoms with E-state index >= 15 is 0 Å². The van der Waals surface area contributed by atoms with Crippen LogP contribution in [0.25, 0.3) is 0 Å². The number of thioether (sulfide) groups is 1. The van der Waals surface area contributed by atoms with Gasteiger partial charge in [0.2, 0.25) is 0 Å². The topological polar surface area (TPSA) is 67.9 Å². The van der Waals surface area contributed by atoms with E-state index in [2.05, 4.69) is 21.4 Å². The molecule has 2 atom stereocenters. The van der Waals surface area contributed by atoms with Crippen LogP contribution in [0.15, 0.2) is 23.3 Å². The summed E-state index contributed by atoms with van der Waals surface area (Å²) in [6, 6.07) is 3.15. The first-order valence-electron chi connectivity index (χ1n) is 7.41. The minimum atomic E-state index is -0.808. The normalized spacial score (nSPS) is 21.7. The molecule has 0 saturated heterocycles. The number of halogens is 2. The summed E-state index contributed by atoms with van der Waals surface area (Å²) in [5.41, 5.74) is 5.60. The Kier molecular flexibility index (Phi) is 6.40. The molecular formula is C15H18AlF2N3O2S. The average molecular weight is 369 g/mol. The third-order valence-corrected chi connectivity index (χ3v) is 5.74.